The molecule has 1 aromatic rings. The maximum Gasteiger partial charge on any atom is 0.249 e. The monoisotopic (exact) mass is 225 g/mol. The van der Waals surface area contributed by atoms with Gasteiger partial charge in [0.05, 0.1) is 0 Å². The molecule has 0 heterocycles. The van der Waals surface area contributed by atoms with Gasteiger partial charge < -0.3 is 10.6 Å². The average molecular weight is 225 g/mol. The molecule has 1 aliphatic rings. The Morgan fingerprint density at radius 1 is 1.53 bits per heavy atom. The summed E-state index contributed by atoms with van der Waals surface area (Å²) < 4.78 is 12.3. The smallest absolute Gasteiger partial charge is 0.249 e. The van der Waals surface area contributed by atoms with Gasteiger partial charge in [-0.15, -0.1) is 0 Å². The quantitative estimate of drug-likeness (QED) is 0.769. The highest BCUT2D eigenvalue weighted by Gasteiger charge is 2.62. The lowest BCUT2D eigenvalue weighted by Crippen LogP contribution is -2.30. The van der Waals surface area contributed by atoms with Crippen LogP contribution in [-0.4, -0.2) is 10.2 Å². The van der Waals surface area contributed by atoms with Gasteiger partial charge in [0, 0.05) is 5.30 Å². The number of hydrogen-bond donors (Lipinski definition) is 2. The number of nitrogens with two attached hydrogens (primary N) is 1. The van der Waals surface area contributed by atoms with Crippen LogP contribution in [0, 0.1) is 5.92 Å². The summed E-state index contributed by atoms with van der Waals surface area (Å²) >= 11 is 0. The molecule has 0 aromatic heterocycles. The summed E-state index contributed by atoms with van der Waals surface area (Å²) in [4.78, 5) is 10.1. The Labute approximate surface area is 89.8 Å². The minimum Gasteiger partial charge on any atom is -0.340 e. The molecule has 2 rings (SSSR count). The molecule has 3 atom stereocenters. The minimum absolute atomic E-state index is 0.188. The molecule has 1 aliphatic carbocycles. The van der Waals surface area contributed by atoms with Crippen LogP contribution < -0.4 is 11.0 Å². The van der Waals surface area contributed by atoms with Gasteiger partial charge in [0.25, 0.3) is 0 Å². The van der Waals surface area contributed by atoms with Crippen LogP contribution >= 0.6 is 7.37 Å². The van der Waals surface area contributed by atoms with Crippen molar-refractivity contribution in [1.82, 2.24) is 0 Å². The van der Waals surface area contributed by atoms with Gasteiger partial charge in [-0.2, -0.15) is 0 Å². The lowest BCUT2D eigenvalue weighted by molar-refractivity contribution is 0.465. The maximum atomic E-state index is 12.3. The second kappa shape index (κ2) is 3.44. The predicted octanol–water partition coefficient (Wildman–Crippen LogP) is 1.67. The Morgan fingerprint density at radius 3 is 2.60 bits per heavy atom. The van der Waals surface area contributed by atoms with Crippen molar-refractivity contribution in [1.29, 1.82) is 0 Å². The standard InChI is InChI=1S/C11H16NO2P/c1-2-9-8-11(9,12)15(13,14)10-6-4-3-5-7-10/h3-7,9H,2,8,12H2,1H3,(H,13,14)/t9-,11-/m0/s1. The van der Waals surface area contributed by atoms with Crippen molar-refractivity contribution in [3.8, 4) is 0 Å². The summed E-state index contributed by atoms with van der Waals surface area (Å²) in [6.45, 7) is 2.00. The highest BCUT2D eigenvalue weighted by Crippen LogP contribution is 2.67. The molecule has 4 heteroatoms. The molecule has 82 valence electrons. The van der Waals surface area contributed by atoms with Crippen molar-refractivity contribution in [2.45, 2.75) is 25.0 Å². The molecule has 0 bridgehead atoms. The molecule has 3 nitrogen and oxygen atoms in total. The Kier molecular flexibility index (Phi) is 2.50. The molecule has 0 radical (unpaired) electrons. The topological polar surface area (TPSA) is 63.3 Å². The molecule has 1 fully saturated rings. The van der Waals surface area contributed by atoms with Gasteiger partial charge in [0.1, 0.15) is 5.28 Å². The second-order valence-electron chi connectivity index (χ2n) is 4.21. The van der Waals surface area contributed by atoms with Crippen LogP contribution in [0.1, 0.15) is 19.8 Å². The summed E-state index contributed by atoms with van der Waals surface area (Å²) in [6, 6.07) is 8.73. The number of benzene rings is 1. The third kappa shape index (κ3) is 1.55. The van der Waals surface area contributed by atoms with E-state index < -0.39 is 12.6 Å². The summed E-state index contributed by atoms with van der Waals surface area (Å²) in [7, 11) is -3.41. The van der Waals surface area contributed by atoms with E-state index in [4.69, 9.17) is 5.73 Å². The number of hydrogen-bond acceptors (Lipinski definition) is 2. The maximum absolute atomic E-state index is 12.3. The summed E-state index contributed by atoms with van der Waals surface area (Å²) in [6.07, 6.45) is 1.53. The van der Waals surface area contributed by atoms with Crippen molar-refractivity contribution in [3.05, 3.63) is 30.3 Å². The molecule has 1 aromatic carbocycles. The highest BCUT2D eigenvalue weighted by molar-refractivity contribution is 7.67. The molecular weight excluding hydrogens is 209 g/mol. The van der Waals surface area contributed by atoms with E-state index in [1.165, 1.54) is 0 Å². The van der Waals surface area contributed by atoms with E-state index in [1.807, 2.05) is 13.0 Å². The van der Waals surface area contributed by atoms with Gasteiger partial charge in [-0.1, -0.05) is 31.5 Å². The molecule has 0 aliphatic heterocycles. The van der Waals surface area contributed by atoms with Crippen LogP contribution in [0.5, 0.6) is 0 Å². The highest BCUT2D eigenvalue weighted by atomic mass is 31.2. The van der Waals surface area contributed by atoms with Gasteiger partial charge in [-0.3, -0.25) is 4.57 Å². The van der Waals surface area contributed by atoms with Crippen LogP contribution in [0.3, 0.4) is 0 Å². The van der Waals surface area contributed by atoms with Crippen LogP contribution in [0.15, 0.2) is 30.3 Å². The van der Waals surface area contributed by atoms with Gasteiger partial charge in [-0.05, 0) is 24.5 Å². The van der Waals surface area contributed by atoms with Crippen molar-refractivity contribution in [2.75, 3.05) is 0 Å². The minimum atomic E-state index is -3.41. The van der Waals surface area contributed by atoms with Crippen LogP contribution in [0.4, 0.5) is 0 Å². The van der Waals surface area contributed by atoms with Crippen molar-refractivity contribution in [3.63, 3.8) is 0 Å². The Hall–Kier alpha value is -0.630. The zero-order valence-electron chi connectivity index (χ0n) is 8.76. The lowest BCUT2D eigenvalue weighted by Gasteiger charge is -2.19. The largest absolute Gasteiger partial charge is 0.340 e. The third-order valence-electron chi connectivity index (χ3n) is 3.28. The third-order valence-corrected chi connectivity index (χ3v) is 5.96. The van der Waals surface area contributed by atoms with Crippen molar-refractivity contribution >= 4 is 12.7 Å². The fraction of sp³-hybridized carbons (Fsp3) is 0.455. The van der Waals surface area contributed by atoms with E-state index in [0.717, 1.165) is 6.42 Å². The molecule has 0 amide bonds. The Morgan fingerprint density at radius 2 is 2.13 bits per heavy atom. The summed E-state index contributed by atoms with van der Waals surface area (Å²) in [5, 5.41) is -0.397. The van der Waals surface area contributed by atoms with E-state index in [9.17, 15) is 9.46 Å². The molecular formula is C11H16NO2P. The van der Waals surface area contributed by atoms with Gasteiger partial charge in [0.15, 0.2) is 0 Å². The normalized spacial score (nSPS) is 33.4. The van der Waals surface area contributed by atoms with Crippen LogP contribution in [0.2, 0.25) is 0 Å². The molecule has 1 unspecified atom stereocenters. The first-order valence-electron chi connectivity index (χ1n) is 5.19. The van der Waals surface area contributed by atoms with E-state index in [1.54, 1.807) is 24.3 Å². The lowest BCUT2D eigenvalue weighted by atomic mass is 10.3. The van der Waals surface area contributed by atoms with Crippen LogP contribution in [0.25, 0.3) is 0 Å². The molecule has 1 saturated carbocycles. The molecule has 0 saturated heterocycles. The zero-order valence-corrected chi connectivity index (χ0v) is 9.65. The fourth-order valence-electron chi connectivity index (χ4n) is 2.08. The van der Waals surface area contributed by atoms with Gasteiger partial charge in [-0.25, -0.2) is 0 Å². The summed E-state index contributed by atoms with van der Waals surface area (Å²) in [5.74, 6) is 0.188. The van der Waals surface area contributed by atoms with Gasteiger partial charge in [0.2, 0.25) is 7.37 Å². The van der Waals surface area contributed by atoms with Crippen LogP contribution in [-0.2, 0) is 4.57 Å². The molecule has 3 N–H and O–H groups in total. The first-order chi connectivity index (χ1) is 7.02. The SMILES string of the molecule is CC[C@H]1C[C@]1(N)P(=O)(O)c1ccccc1. The zero-order chi connectivity index (χ0) is 11.1. The van der Waals surface area contributed by atoms with E-state index in [0.29, 0.717) is 11.7 Å². The number of rotatable bonds is 3. The first kappa shape index (κ1) is 10.9. The fourth-order valence-corrected chi connectivity index (χ4v) is 4.28. The predicted molar refractivity (Wildman–Crippen MR) is 61.2 cm³/mol. The van der Waals surface area contributed by atoms with E-state index >= 15 is 0 Å². The van der Waals surface area contributed by atoms with Gasteiger partial charge >= 0.3 is 0 Å². The van der Waals surface area contributed by atoms with E-state index in [-0.39, 0.29) is 5.92 Å². The first-order valence-corrected chi connectivity index (χ1v) is 6.85. The average Bonchev–Trinajstić information content (AvgIpc) is 2.93. The van der Waals surface area contributed by atoms with Crippen molar-refractivity contribution in [2.24, 2.45) is 11.7 Å². The Balaban J connectivity index is 2.33. The van der Waals surface area contributed by atoms with Crippen molar-refractivity contribution < 1.29 is 9.46 Å². The Bertz CT molecular complexity index is 406. The summed E-state index contributed by atoms with van der Waals surface area (Å²) in [5.41, 5.74) is 6.00. The second-order valence-corrected chi connectivity index (χ2v) is 6.71. The molecule has 15 heavy (non-hydrogen) atoms. The molecule has 0 spiro atoms. The van der Waals surface area contributed by atoms with E-state index in [2.05, 4.69) is 0 Å².